The molecule has 7 heteroatoms. The highest BCUT2D eigenvalue weighted by Crippen LogP contribution is 2.25. The maximum Gasteiger partial charge on any atom is 0.234 e. The molecule has 0 aliphatic carbocycles. The molecule has 0 fully saturated rings. The number of carbonyl (C=O) groups is 1. The third-order valence-corrected chi connectivity index (χ3v) is 5.08. The van der Waals surface area contributed by atoms with Crippen LogP contribution in [0.5, 0.6) is 5.75 Å². The number of para-hydroxylation sites is 1. The van der Waals surface area contributed by atoms with E-state index in [0.29, 0.717) is 17.5 Å². The third kappa shape index (κ3) is 5.71. The summed E-state index contributed by atoms with van der Waals surface area (Å²) in [5, 5.41) is 12.1. The lowest BCUT2D eigenvalue weighted by Gasteiger charge is -2.16. The van der Waals surface area contributed by atoms with Gasteiger partial charge < -0.3 is 10.1 Å². The number of hydrogen-bond donors (Lipinski definition) is 1. The number of allylic oxidation sites excluding steroid dienone is 1. The second-order valence-electron chi connectivity index (χ2n) is 6.52. The number of anilines is 1. The predicted molar refractivity (Wildman–Crippen MR) is 116 cm³/mol. The molecule has 1 unspecified atom stereocenters. The first kappa shape index (κ1) is 20.7. The lowest BCUT2D eigenvalue weighted by molar-refractivity contribution is -0.113. The first-order chi connectivity index (χ1) is 14.1. The molecule has 0 aliphatic rings. The minimum absolute atomic E-state index is 0.0973. The molecule has 1 atom stereocenters. The van der Waals surface area contributed by atoms with Crippen LogP contribution in [-0.4, -0.2) is 26.4 Å². The van der Waals surface area contributed by atoms with E-state index in [-0.39, 0.29) is 17.8 Å². The van der Waals surface area contributed by atoms with Gasteiger partial charge in [-0.1, -0.05) is 48.2 Å². The fourth-order valence-electron chi connectivity index (χ4n) is 2.80. The van der Waals surface area contributed by atoms with Crippen LogP contribution in [-0.2, 0) is 11.3 Å². The van der Waals surface area contributed by atoms with Crippen LogP contribution >= 0.6 is 11.8 Å². The lowest BCUT2D eigenvalue weighted by Crippen LogP contribution is -2.15. The fourth-order valence-corrected chi connectivity index (χ4v) is 3.56. The normalized spacial score (nSPS) is 11.7. The highest BCUT2D eigenvalue weighted by Gasteiger charge is 2.19. The molecule has 1 amide bonds. The maximum atomic E-state index is 12.2. The topological polar surface area (TPSA) is 69.0 Å². The molecule has 29 heavy (non-hydrogen) atoms. The maximum absolute atomic E-state index is 12.2. The highest BCUT2D eigenvalue weighted by atomic mass is 32.2. The van der Waals surface area contributed by atoms with Crippen molar-refractivity contribution >= 4 is 23.4 Å². The van der Waals surface area contributed by atoms with E-state index in [9.17, 15) is 4.79 Å². The molecule has 0 bridgehead atoms. The number of hydrogen-bond acceptors (Lipinski definition) is 5. The van der Waals surface area contributed by atoms with Crippen molar-refractivity contribution in [2.45, 2.75) is 31.7 Å². The summed E-state index contributed by atoms with van der Waals surface area (Å²) in [6, 6.07) is 17.2. The Bertz CT molecular complexity index is 972. The number of rotatable bonds is 9. The van der Waals surface area contributed by atoms with Crippen LogP contribution in [0.4, 0.5) is 5.69 Å². The fraction of sp³-hybridized carbons (Fsp3) is 0.227. The number of amides is 1. The summed E-state index contributed by atoms with van der Waals surface area (Å²) in [4.78, 5) is 12.2. The van der Waals surface area contributed by atoms with E-state index in [4.69, 9.17) is 4.74 Å². The Morgan fingerprint density at radius 1 is 1.24 bits per heavy atom. The van der Waals surface area contributed by atoms with E-state index in [1.807, 2.05) is 73.0 Å². The minimum atomic E-state index is -0.295. The van der Waals surface area contributed by atoms with Crippen molar-refractivity contribution in [3.05, 3.63) is 78.6 Å². The quantitative estimate of drug-likeness (QED) is 0.412. The molecule has 0 saturated heterocycles. The van der Waals surface area contributed by atoms with Crippen molar-refractivity contribution in [1.82, 2.24) is 14.8 Å². The number of aryl methyl sites for hydroxylation is 1. The number of nitrogens with zero attached hydrogens (tertiary/aromatic N) is 3. The highest BCUT2D eigenvalue weighted by molar-refractivity contribution is 7.99. The van der Waals surface area contributed by atoms with Gasteiger partial charge >= 0.3 is 0 Å². The van der Waals surface area contributed by atoms with Gasteiger partial charge in [0.25, 0.3) is 0 Å². The van der Waals surface area contributed by atoms with Crippen LogP contribution < -0.4 is 10.1 Å². The van der Waals surface area contributed by atoms with Crippen molar-refractivity contribution in [2.24, 2.45) is 0 Å². The zero-order valence-corrected chi connectivity index (χ0v) is 17.4. The zero-order chi connectivity index (χ0) is 20.6. The van der Waals surface area contributed by atoms with Gasteiger partial charge in [0.05, 0.1) is 5.75 Å². The van der Waals surface area contributed by atoms with E-state index >= 15 is 0 Å². The monoisotopic (exact) mass is 408 g/mol. The molecule has 0 aliphatic heterocycles. The largest absolute Gasteiger partial charge is 0.483 e. The summed E-state index contributed by atoms with van der Waals surface area (Å²) in [6.07, 6.45) is 1.48. The first-order valence-corrected chi connectivity index (χ1v) is 10.3. The second kappa shape index (κ2) is 9.93. The Labute approximate surface area is 175 Å². The number of nitrogens with one attached hydrogen (secondary N) is 1. The van der Waals surface area contributed by atoms with Gasteiger partial charge in [-0.05, 0) is 43.7 Å². The summed E-state index contributed by atoms with van der Waals surface area (Å²) in [6.45, 7) is 8.31. The molecule has 6 nitrogen and oxygen atoms in total. The number of carbonyl (C=O) groups excluding carboxylic acids is 1. The van der Waals surface area contributed by atoms with Crippen LogP contribution in [0.2, 0.25) is 0 Å². The van der Waals surface area contributed by atoms with Gasteiger partial charge in [-0.3, -0.25) is 9.36 Å². The summed E-state index contributed by atoms with van der Waals surface area (Å²) in [7, 11) is 0. The summed E-state index contributed by atoms with van der Waals surface area (Å²) >= 11 is 1.34. The SMILES string of the molecule is C=CCn1c(SCC(=O)Nc2ccccc2)nnc1C(C)Oc1cccc(C)c1. The molecule has 2 aromatic carbocycles. The summed E-state index contributed by atoms with van der Waals surface area (Å²) in [5.74, 6) is 1.61. The van der Waals surface area contributed by atoms with Gasteiger partial charge in [0, 0.05) is 12.2 Å². The van der Waals surface area contributed by atoms with Crippen LogP contribution in [0, 0.1) is 6.92 Å². The average Bonchev–Trinajstić information content (AvgIpc) is 3.10. The van der Waals surface area contributed by atoms with Crippen molar-refractivity contribution in [3.63, 3.8) is 0 Å². The van der Waals surface area contributed by atoms with Crippen LogP contribution in [0.25, 0.3) is 0 Å². The average molecular weight is 409 g/mol. The number of benzene rings is 2. The predicted octanol–water partition coefficient (Wildman–Crippen LogP) is 4.64. The van der Waals surface area contributed by atoms with Gasteiger partial charge in [-0.15, -0.1) is 16.8 Å². The molecular formula is C22H24N4O2S. The molecule has 0 radical (unpaired) electrons. The van der Waals surface area contributed by atoms with Gasteiger partial charge in [-0.25, -0.2) is 0 Å². The van der Waals surface area contributed by atoms with Crippen molar-refractivity contribution in [3.8, 4) is 5.75 Å². The Morgan fingerprint density at radius 3 is 2.76 bits per heavy atom. The van der Waals surface area contributed by atoms with Gasteiger partial charge in [0.15, 0.2) is 17.1 Å². The number of aromatic nitrogens is 3. The van der Waals surface area contributed by atoms with E-state index in [0.717, 1.165) is 17.0 Å². The lowest BCUT2D eigenvalue weighted by atomic mass is 10.2. The van der Waals surface area contributed by atoms with Gasteiger partial charge in [0.1, 0.15) is 5.75 Å². The Hall–Kier alpha value is -3.06. The molecule has 0 saturated carbocycles. The Morgan fingerprint density at radius 2 is 2.03 bits per heavy atom. The molecule has 1 N–H and O–H groups in total. The molecule has 0 spiro atoms. The molecular weight excluding hydrogens is 384 g/mol. The van der Waals surface area contributed by atoms with E-state index in [2.05, 4.69) is 22.1 Å². The molecule has 150 valence electrons. The van der Waals surface area contributed by atoms with Gasteiger partial charge in [-0.2, -0.15) is 0 Å². The van der Waals surface area contributed by atoms with E-state index in [1.165, 1.54) is 11.8 Å². The third-order valence-electron chi connectivity index (χ3n) is 4.11. The summed E-state index contributed by atoms with van der Waals surface area (Å²) in [5.41, 5.74) is 1.90. The van der Waals surface area contributed by atoms with E-state index < -0.39 is 0 Å². The van der Waals surface area contributed by atoms with E-state index in [1.54, 1.807) is 6.08 Å². The molecule has 1 aromatic heterocycles. The zero-order valence-electron chi connectivity index (χ0n) is 16.5. The standard InChI is InChI=1S/C22H24N4O2S/c1-4-13-26-21(17(3)28-19-12-8-9-16(2)14-19)24-25-22(26)29-15-20(27)23-18-10-6-5-7-11-18/h4-12,14,17H,1,13,15H2,2-3H3,(H,23,27). The van der Waals surface area contributed by atoms with Crippen LogP contribution in [0.3, 0.4) is 0 Å². The number of ether oxygens (including phenoxy) is 1. The second-order valence-corrected chi connectivity index (χ2v) is 7.46. The van der Waals surface area contributed by atoms with Crippen molar-refractivity contribution in [2.75, 3.05) is 11.1 Å². The number of thioether (sulfide) groups is 1. The Balaban J connectivity index is 1.67. The van der Waals surface area contributed by atoms with Crippen molar-refractivity contribution < 1.29 is 9.53 Å². The van der Waals surface area contributed by atoms with Crippen LogP contribution in [0.15, 0.2) is 72.4 Å². The first-order valence-electron chi connectivity index (χ1n) is 9.32. The minimum Gasteiger partial charge on any atom is -0.483 e. The van der Waals surface area contributed by atoms with Crippen LogP contribution in [0.1, 0.15) is 24.4 Å². The summed E-state index contributed by atoms with van der Waals surface area (Å²) < 4.78 is 7.96. The molecule has 1 heterocycles. The van der Waals surface area contributed by atoms with Gasteiger partial charge in [0.2, 0.25) is 5.91 Å². The molecule has 3 aromatic rings. The Kier molecular flexibility index (Phi) is 7.08. The van der Waals surface area contributed by atoms with Crippen molar-refractivity contribution in [1.29, 1.82) is 0 Å². The molecule has 3 rings (SSSR count). The smallest absolute Gasteiger partial charge is 0.234 e.